The van der Waals surface area contributed by atoms with Crippen LogP contribution in [0.1, 0.15) is 24.0 Å². The summed E-state index contributed by atoms with van der Waals surface area (Å²) in [4.78, 5) is 22.7. The van der Waals surface area contributed by atoms with Gasteiger partial charge in [-0.05, 0) is 54.7 Å². The van der Waals surface area contributed by atoms with E-state index < -0.39 is 11.0 Å². The van der Waals surface area contributed by atoms with Gasteiger partial charge in [0.1, 0.15) is 18.4 Å². The Balaban J connectivity index is 1.59. The molecular weight excluding hydrogens is 336 g/mol. The molecule has 2 aromatic carbocycles. The van der Waals surface area contributed by atoms with Crippen LogP contribution >= 0.6 is 0 Å². The first-order valence-corrected chi connectivity index (χ1v) is 8.45. The Labute approximate surface area is 150 Å². The van der Waals surface area contributed by atoms with Crippen molar-refractivity contribution in [2.75, 3.05) is 0 Å². The van der Waals surface area contributed by atoms with Gasteiger partial charge in [0, 0.05) is 18.2 Å². The van der Waals surface area contributed by atoms with Crippen LogP contribution in [-0.2, 0) is 22.6 Å². The van der Waals surface area contributed by atoms with Crippen LogP contribution in [-0.4, -0.2) is 28.1 Å². The van der Waals surface area contributed by atoms with Crippen molar-refractivity contribution in [3.8, 4) is 5.75 Å². The van der Waals surface area contributed by atoms with Gasteiger partial charge in [-0.15, -0.1) is 0 Å². The van der Waals surface area contributed by atoms with Crippen molar-refractivity contribution < 1.29 is 19.6 Å². The van der Waals surface area contributed by atoms with E-state index in [0.717, 1.165) is 18.4 Å². The summed E-state index contributed by atoms with van der Waals surface area (Å²) in [6.07, 6.45) is 2.55. The Morgan fingerprint density at radius 1 is 1.15 bits per heavy atom. The van der Waals surface area contributed by atoms with Gasteiger partial charge in [0.05, 0.1) is 4.92 Å². The fraction of sp³-hybridized carbons (Fsp3) is 0.316. The van der Waals surface area contributed by atoms with Crippen molar-refractivity contribution in [2.45, 2.75) is 38.0 Å². The molecule has 0 aromatic heterocycles. The Bertz CT molecular complexity index is 770. The molecule has 2 aromatic rings. The number of rotatable bonds is 8. The Morgan fingerprint density at radius 2 is 1.77 bits per heavy atom. The summed E-state index contributed by atoms with van der Waals surface area (Å²) in [7, 11) is 0. The zero-order valence-electron chi connectivity index (χ0n) is 14.1. The number of hydrogen-bond donors (Lipinski definition) is 2. The van der Waals surface area contributed by atoms with E-state index in [0.29, 0.717) is 18.0 Å². The maximum absolute atomic E-state index is 12.5. The Morgan fingerprint density at radius 3 is 2.35 bits per heavy atom. The number of phenols is 1. The normalized spacial score (nSPS) is 14.6. The molecule has 0 bridgehead atoms. The van der Waals surface area contributed by atoms with Gasteiger partial charge in [0.2, 0.25) is 0 Å². The van der Waals surface area contributed by atoms with E-state index >= 15 is 0 Å². The lowest BCUT2D eigenvalue weighted by molar-refractivity contribution is -0.384. The van der Waals surface area contributed by atoms with Crippen LogP contribution < -0.4 is 5.32 Å². The number of nitrogens with one attached hydrogen (secondary N) is 1. The third-order valence-corrected chi connectivity index (χ3v) is 4.20. The van der Waals surface area contributed by atoms with E-state index in [4.69, 9.17) is 4.74 Å². The van der Waals surface area contributed by atoms with E-state index in [-0.39, 0.29) is 24.0 Å². The minimum absolute atomic E-state index is 0.000633. The molecule has 0 heterocycles. The largest absolute Gasteiger partial charge is 0.508 e. The van der Waals surface area contributed by atoms with Gasteiger partial charge in [0.25, 0.3) is 5.69 Å². The number of aromatic hydroxyl groups is 1. The van der Waals surface area contributed by atoms with E-state index in [1.807, 2.05) is 0 Å². The number of benzene rings is 2. The van der Waals surface area contributed by atoms with Gasteiger partial charge in [-0.3, -0.25) is 14.9 Å². The molecule has 1 fully saturated rings. The van der Waals surface area contributed by atoms with Gasteiger partial charge in [-0.25, -0.2) is 0 Å². The summed E-state index contributed by atoms with van der Waals surface area (Å²) in [5, 5.41) is 23.3. The molecule has 136 valence electrons. The highest BCUT2D eigenvalue weighted by Gasteiger charge is 2.29. The lowest BCUT2D eigenvalue weighted by Gasteiger charge is -2.17. The third kappa shape index (κ3) is 5.03. The van der Waals surface area contributed by atoms with E-state index in [1.165, 1.54) is 12.1 Å². The van der Waals surface area contributed by atoms with Crippen molar-refractivity contribution >= 4 is 11.7 Å². The number of nitrogens with zero attached hydrogens (tertiary/aromatic N) is 1. The predicted molar refractivity (Wildman–Crippen MR) is 94.6 cm³/mol. The molecule has 7 nitrogen and oxygen atoms in total. The van der Waals surface area contributed by atoms with Crippen molar-refractivity contribution in [2.24, 2.45) is 0 Å². The number of nitro groups is 1. The Hall–Kier alpha value is -2.93. The lowest BCUT2D eigenvalue weighted by Crippen LogP contribution is -2.41. The molecule has 2 N–H and O–H groups in total. The van der Waals surface area contributed by atoms with Gasteiger partial charge in [-0.2, -0.15) is 0 Å². The van der Waals surface area contributed by atoms with Gasteiger partial charge < -0.3 is 15.2 Å². The molecule has 0 amide bonds. The monoisotopic (exact) mass is 356 g/mol. The molecule has 3 rings (SSSR count). The molecule has 0 unspecified atom stereocenters. The molecule has 0 aliphatic heterocycles. The number of carbonyl (C=O) groups is 1. The summed E-state index contributed by atoms with van der Waals surface area (Å²) in [6, 6.07) is 12.5. The van der Waals surface area contributed by atoms with Crippen molar-refractivity contribution in [1.29, 1.82) is 0 Å². The minimum Gasteiger partial charge on any atom is -0.508 e. The highest BCUT2D eigenvalue weighted by atomic mass is 16.6. The average Bonchev–Trinajstić information content (AvgIpc) is 3.45. The first-order chi connectivity index (χ1) is 12.5. The maximum atomic E-state index is 12.5. The molecule has 7 heteroatoms. The first kappa shape index (κ1) is 17.9. The number of esters is 1. The molecule has 1 aliphatic carbocycles. The summed E-state index contributed by atoms with van der Waals surface area (Å²) in [5.74, 6) is -0.176. The average molecular weight is 356 g/mol. The molecule has 1 atom stereocenters. The fourth-order valence-corrected chi connectivity index (χ4v) is 2.58. The number of ether oxygens (including phenoxy) is 1. The SMILES string of the molecule is O=C(OCc1ccc([N+](=O)[O-])cc1)[C@H](Cc1ccc(O)cc1)NC1CC1. The van der Waals surface area contributed by atoms with Gasteiger partial charge >= 0.3 is 5.97 Å². The second-order valence-corrected chi connectivity index (χ2v) is 6.40. The number of nitro benzene ring substituents is 1. The zero-order valence-corrected chi connectivity index (χ0v) is 14.1. The molecular formula is C19H20N2O5. The quantitative estimate of drug-likeness (QED) is 0.428. The zero-order chi connectivity index (χ0) is 18.5. The molecule has 0 spiro atoms. The van der Waals surface area contributed by atoms with E-state index in [2.05, 4.69) is 5.32 Å². The Kier molecular flexibility index (Phi) is 5.48. The fourth-order valence-electron chi connectivity index (χ4n) is 2.58. The van der Waals surface area contributed by atoms with Gasteiger partial charge in [0.15, 0.2) is 0 Å². The molecule has 1 aliphatic rings. The summed E-state index contributed by atoms with van der Waals surface area (Å²) >= 11 is 0. The summed E-state index contributed by atoms with van der Waals surface area (Å²) < 4.78 is 5.39. The van der Waals surface area contributed by atoms with Crippen LogP contribution in [0.3, 0.4) is 0 Å². The number of non-ortho nitro benzene ring substituents is 1. The molecule has 26 heavy (non-hydrogen) atoms. The molecule has 1 saturated carbocycles. The van der Waals surface area contributed by atoms with Crippen LogP contribution in [0.25, 0.3) is 0 Å². The number of carbonyl (C=O) groups excluding carboxylic acids is 1. The molecule has 0 radical (unpaired) electrons. The predicted octanol–water partition coefficient (Wildman–Crippen LogP) is 2.71. The number of hydrogen-bond acceptors (Lipinski definition) is 6. The van der Waals surface area contributed by atoms with Crippen LogP contribution in [0, 0.1) is 10.1 Å². The topological polar surface area (TPSA) is 102 Å². The van der Waals surface area contributed by atoms with Crippen LogP contribution in [0.2, 0.25) is 0 Å². The summed E-state index contributed by atoms with van der Waals surface area (Å²) in [6.45, 7) is 0.0647. The van der Waals surface area contributed by atoms with Crippen LogP contribution in [0.5, 0.6) is 5.75 Å². The highest BCUT2D eigenvalue weighted by molar-refractivity contribution is 5.76. The van der Waals surface area contributed by atoms with E-state index in [9.17, 15) is 20.0 Å². The minimum atomic E-state index is -0.469. The number of phenolic OH excluding ortho intramolecular Hbond substituents is 1. The van der Waals surface area contributed by atoms with Gasteiger partial charge in [-0.1, -0.05) is 12.1 Å². The van der Waals surface area contributed by atoms with Crippen LogP contribution in [0.4, 0.5) is 5.69 Å². The third-order valence-electron chi connectivity index (χ3n) is 4.20. The molecule has 0 saturated heterocycles. The standard InChI is InChI=1S/C19H20N2O5/c22-17-9-3-13(4-10-17)11-18(20-15-5-6-15)19(23)26-12-14-1-7-16(8-2-14)21(24)25/h1-4,7-10,15,18,20,22H,5-6,11-12H2/t18-/m0/s1. The summed E-state index contributed by atoms with van der Waals surface area (Å²) in [5.41, 5.74) is 1.62. The highest BCUT2D eigenvalue weighted by Crippen LogP contribution is 2.21. The second kappa shape index (κ2) is 7.97. The lowest BCUT2D eigenvalue weighted by atomic mass is 10.1. The maximum Gasteiger partial charge on any atom is 0.323 e. The van der Waals surface area contributed by atoms with Crippen molar-refractivity contribution in [1.82, 2.24) is 5.32 Å². The van der Waals surface area contributed by atoms with Crippen LogP contribution in [0.15, 0.2) is 48.5 Å². The first-order valence-electron chi connectivity index (χ1n) is 8.45. The van der Waals surface area contributed by atoms with Crippen molar-refractivity contribution in [3.63, 3.8) is 0 Å². The smallest absolute Gasteiger partial charge is 0.323 e. The van der Waals surface area contributed by atoms with E-state index in [1.54, 1.807) is 36.4 Å². The van der Waals surface area contributed by atoms with Crippen molar-refractivity contribution in [3.05, 3.63) is 69.8 Å². The second-order valence-electron chi connectivity index (χ2n) is 6.40.